The van der Waals surface area contributed by atoms with Gasteiger partial charge in [0, 0.05) is 54.0 Å². The van der Waals surface area contributed by atoms with Crippen LogP contribution in [0, 0.1) is 5.92 Å². The number of fused-ring (bicyclic) bond motifs is 2. The maximum absolute atomic E-state index is 14.3. The van der Waals surface area contributed by atoms with Crippen LogP contribution in [0.25, 0.3) is 22.0 Å². The van der Waals surface area contributed by atoms with Crippen LogP contribution in [0.4, 0.5) is 9.52 Å². The smallest absolute Gasteiger partial charge is 0.257 e. The number of carbonyl (C=O) groups is 1. The molecule has 5 aromatic rings. The molecule has 0 radical (unpaired) electrons. The van der Waals surface area contributed by atoms with Gasteiger partial charge in [0.15, 0.2) is 11.2 Å². The minimum atomic E-state index is -1.04. The molecule has 2 atom stereocenters. The van der Waals surface area contributed by atoms with E-state index in [9.17, 15) is 14.3 Å². The van der Waals surface area contributed by atoms with Gasteiger partial charge in [0.25, 0.3) is 5.91 Å². The Morgan fingerprint density at radius 2 is 1.98 bits per heavy atom. The van der Waals surface area contributed by atoms with Gasteiger partial charge < -0.3 is 9.67 Å². The summed E-state index contributed by atoms with van der Waals surface area (Å²) in [5.41, 5.74) is 4.40. The van der Waals surface area contributed by atoms with Gasteiger partial charge in [-0.05, 0) is 55.5 Å². The molecule has 0 aliphatic carbocycles. The van der Waals surface area contributed by atoms with Crippen LogP contribution >= 0.6 is 34.5 Å². The van der Waals surface area contributed by atoms with Crippen LogP contribution in [0.15, 0.2) is 54.4 Å². The number of likely N-dealkylation sites (tertiary alicyclic amines) is 1. The lowest BCUT2D eigenvalue weighted by molar-refractivity contribution is -0.118. The summed E-state index contributed by atoms with van der Waals surface area (Å²) in [5.74, 6) is 0.215. The number of aliphatic hydroxyl groups excluding tert-OH is 1. The van der Waals surface area contributed by atoms with Crippen LogP contribution in [0.3, 0.4) is 0 Å². The Morgan fingerprint density at radius 3 is 2.71 bits per heavy atom. The summed E-state index contributed by atoms with van der Waals surface area (Å²) in [6.45, 7) is 3.40. The Bertz CT molecular complexity index is 1820. The normalized spacial score (nSPS) is 18.0. The van der Waals surface area contributed by atoms with Crippen molar-refractivity contribution in [3.05, 3.63) is 81.4 Å². The number of amides is 1. The molecule has 0 spiro atoms. The van der Waals surface area contributed by atoms with Gasteiger partial charge >= 0.3 is 0 Å². The number of carbonyl (C=O) groups excluding carboxylic acids is 1. The van der Waals surface area contributed by atoms with Crippen molar-refractivity contribution in [3.8, 4) is 11.1 Å². The molecule has 2 aromatic carbocycles. The number of anilines is 1. The van der Waals surface area contributed by atoms with Crippen LogP contribution in [-0.2, 0) is 24.3 Å². The van der Waals surface area contributed by atoms with Crippen LogP contribution < -0.4 is 5.32 Å². The summed E-state index contributed by atoms with van der Waals surface area (Å²) in [6, 6.07) is 9.13. The van der Waals surface area contributed by atoms with Crippen molar-refractivity contribution in [1.29, 1.82) is 0 Å². The number of benzene rings is 2. The monoisotopic (exact) mass is 667 g/mol. The Hall–Kier alpha value is -3.35. The van der Waals surface area contributed by atoms with Gasteiger partial charge in [-0.25, -0.2) is 14.4 Å². The molecule has 13 heteroatoms. The van der Waals surface area contributed by atoms with E-state index in [0.29, 0.717) is 43.4 Å². The first-order valence-electron chi connectivity index (χ1n) is 15.1. The molecule has 2 aliphatic heterocycles. The summed E-state index contributed by atoms with van der Waals surface area (Å²) in [5, 5.41) is 20.5. The summed E-state index contributed by atoms with van der Waals surface area (Å²) < 4.78 is 17.6. The van der Waals surface area contributed by atoms with Crippen molar-refractivity contribution >= 4 is 56.5 Å². The number of nitrogens with zero attached hydrogens (tertiary/aromatic N) is 6. The second-order valence-corrected chi connectivity index (χ2v) is 13.5. The average molecular weight is 669 g/mol. The van der Waals surface area contributed by atoms with E-state index in [-0.39, 0.29) is 19.6 Å². The first kappa shape index (κ1) is 30.3. The lowest BCUT2D eigenvalue weighted by Gasteiger charge is -2.31. The third-order valence-corrected chi connectivity index (χ3v) is 10.2. The molecule has 3 aromatic heterocycles. The number of hydrogen-bond donors (Lipinski definition) is 2. The van der Waals surface area contributed by atoms with Gasteiger partial charge in [-0.3, -0.25) is 19.7 Å². The first-order chi connectivity index (χ1) is 21.9. The van der Waals surface area contributed by atoms with Crippen molar-refractivity contribution in [2.24, 2.45) is 5.92 Å². The van der Waals surface area contributed by atoms with Crippen molar-refractivity contribution < 1.29 is 14.3 Å². The highest BCUT2D eigenvalue weighted by atomic mass is 35.5. The third-order valence-electron chi connectivity index (χ3n) is 8.84. The predicted octanol–water partition coefficient (Wildman–Crippen LogP) is 6.38. The summed E-state index contributed by atoms with van der Waals surface area (Å²) in [7, 11) is 0. The van der Waals surface area contributed by atoms with Gasteiger partial charge in [0.2, 0.25) is 0 Å². The van der Waals surface area contributed by atoms with Crippen LogP contribution in [-0.4, -0.2) is 66.1 Å². The standard InChI is InChI=1S/C32H32Cl2FN7O2S/c33-25-14-23(21-3-1-20(2-4-21)15-40-9-5-19(6-10-40)7-11-43)27(34)28-24(25)17-42(39-28)30(31(44)38-32-36-8-12-45-32)29-26-13-22(35)16-41(26)18-37-29/h1-4,8,12,14,17-19,22,30,43H,5-7,9-11,13,15-16H2,(H,36,38,44). The fraction of sp³-hybridized carbons (Fsp3) is 0.375. The molecule has 2 N–H and O–H groups in total. The van der Waals surface area contributed by atoms with E-state index in [0.717, 1.165) is 50.0 Å². The zero-order chi connectivity index (χ0) is 31.1. The number of hydrogen-bond acceptors (Lipinski definition) is 7. The lowest BCUT2D eigenvalue weighted by Crippen LogP contribution is -2.33. The third kappa shape index (κ3) is 6.12. The number of alkyl halides is 1. The van der Waals surface area contributed by atoms with Crippen LogP contribution in [0.5, 0.6) is 0 Å². The molecule has 0 saturated carbocycles. The molecule has 7 rings (SSSR count). The Labute approximate surface area is 273 Å². The topological polar surface area (TPSA) is 101 Å². The van der Waals surface area contributed by atoms with E-state index >= 15 is 0 Å². The number of rotatable bonds is 9. The molecule has 0 bridgehead atoms. The SMILES string of the molecule is O=C(Nc1nccs1)C(c1ncn2c1CC(F)C2)n1cc2c(Cl)cc(-c3ccc(CN4CCC(CCO)CC4)cc3)c(Cl)c2n1. The molecule has 2 aliphatic rings. The second kappa shape index (κ2) is 12.8. The summed E-state index contributed by atoms with van der Waals surface area (Å²) >= 11 is 15.1. The molecule has 45 heavy (non-hydrogen) atoms. The summed E-state index contributed by atoms with van der Waals surface area (Å²) in [4.78, 5) is 24.9. The molecule has 1 saturated heterocycles. The Balaban J connectivity index is 1.18. The number of aliphatic hydroxyl groups is 1. The largest absolute Gasteiger partial charge is 0.396 e. The first-order valence-corrected chi connectivity index (χ1v) is 16.7. The summed E-state index contributed by atoms with van der Waals surface area (Å²) in [6.07, 6.45) is 7.12. The van der Waals surface area contributed by atoms with E-state index in [1.807, 2.05) is 18.2 Å². The minimum absolute atomic E-state index is 0.167. The van der Waals surface area contributed by atoms with Gasteiger partial charge in [-0.2, -0.15) is 5.10 Å². The van der Waals surface area contributed by atoms with Crippen molar-refractivity contribution in [2.75, 3.05) is 25.0 Å². The molecular formula is C32H32Cl2FN7O2S. The zero-order valence-electron chi connectivity index (χ0n) is 24.4. The number of thiazole rings is 1. The quantitative estimate of drug-likeness (QED) is 0.189. The Morgan fingerprint density at radius 1 is 1.18 bits per heavy atom. The molecule has 1 fully saturated rings. The van der Waals surface area contributed by atoms with Gasteiger partial charge in [-0.15, -0.1) is 11.3 Å². The van der Waals surface area contributed by atoms with E-state index in [2.05, 4.69) is 32.3 Å². The second-order valence-electron chi connectivity index (χ2n) is 11.8. The van der Waals surface area contributed by atoms with Gasteiger partial charge in [-0.1, -0.05) is 47.5 Å². The maximum atomic E-state index is 14.3. The fourth-order valence-electron chi connectivity index (χ4n) is 6.48. The van der Waals surface area contributed by atoms with Crippen LogP contribution in [0.1, 0.15) is 42.3 Å². The molecule has 1 amide bonds. The number of halogens is 3. The van der Waals surface area contributed by atoms with Crippen molar-refractivity contribution in [2.45, 2.75) is 51.0 Å². The van der Waals surface area contributed by atoms with E-state index in [1.54, 1.807) is 28.7 Å². The van der Waals surface area contributed by atoms with E-state index < -0.39 is 18.1 Å². The Kier molecular flexibility index (Phi) is 8.62. The lowest BCUT2D eigenvalue weighted by atomic mass is 9.93. The molecule has 2 unspecified atom stereocenters. The van der Waals surface area contributed by atoms with E-state index in [4.69, 9.17) is 28.3 Å². The van der Waals surface area contributed by atoms with E-state index in [1.165, 1.54) is 21.6 Å². The molecule has 5 heterocycles. The van der Waals surface area contributed by atoms with Gasteiger partial charge in [0.1, 0.15) is 11.7 Å². The number of piperidine rings is 1. The highest BCUT2D eigenvalue weighted by molar-refractivity contribution is 7.13. The van der Waals surface area contributed by atoms with Crippen molar-refractivity contribution in [3.63, 3.8) is 0 Å². The van der Waals surface area contributed by atoms with Gasteiger partial charge in [0.05, 0.1) is 28.6 Å². The highest BCUT2D eigenvalue weighted by Gasteiger charge is 2.34. The average Bonchev–Trinajstić information content (AvgIpc) is 3.84. The minimum Gasteiger partial charge on any atom is -0.396 e. The van der Waals surface area contributed by atoms with Crippen molar-refractivity contribution in [1.82, 2.24) is 29.2 Å². The number of nitrogens with one attached hydrogen (secondary N) is 1. The van der Waals surface area contributed by atoms with Crippen LogP contribution in [0.2, 0.25) is 10.0 Å². The number of aromatic nitrogens is 5. The highest BCUT2D eigenvalue weighted by Crippen LogP contribution is 2.39. The molecule has 9 nitrogen and oxygen atoms in total. The zero-order valence-corrected chi connectivity index (χ0v) is 26.7. The molecular weight excluding hydrogens is 636 g/mol. The fourth-order valence-corrected chi connectivity index (χ4v) is 7.56. The predicted molar refractivity (Wildman–Crippen MR) is 175 cm³/mol. The number of imidazole rings is 1. The maximum Gasteiger partial charge on any atom is 0.257 e. The molecule has 234 valence electrons.